The van der Waals surface area contributed by atoms with Crippen LogP contribution in [0.1, 0.15) is 26.3 Å². The van der Waals surface area contributed by atoms with E-state index in [0.29, 0.717) is 16.9 Å². The minimum absolute atomic E-state index is 0.292. The average molecular weight is 366 g/mol. The lowest BCUT2D eigenvalue weighted by atomic mass is 10.1. The first-order valence-electron chi connectivity index (χ1n) is 8.64. The van der Waals surface area contributed by atoms with E-state index < -0.39 is 11.9 Å². The van der Waals surface area contributed by atoms with Crippen LogP contribution in [0.3, 0.4) is 0 Å². The summed E-state index contributed by atoms with van der Waals surface area (Å²) >= 11 is 0. The van der Waals surface area contributed by atoms with Gasteiger partial charge in [0.1, 0.15) is 5.75 Å². The van der Waals surface area contributed by atoms with Crippen molar-refractivity contribution in [1.82, 2.24) is 9.88 Å². The van der Waals surface area contributed by atoms with Crippen LogP contribution < -0.4 is 4.74 Å². The van der Waals surface area contributed by atoms with Gasteiger partial charge < -0.3 is 19.4 Å². The van der Waals surface area contributed by atoms with E-state index >= 15 is 0 Å². The van der Waals surface area contributed by atoms with Crippen LogP contribution in [0, 0.1) is 0 Å². The average Bonchev–Trinajstić information content (AvgIpc) is 3.10. The van der Waals surface area contributed by atoms with Crippen molar-refractivity contribution in [2.24, 2.45) is 0 Å². The molecule has 3 rings (SSSR count). The molecule has 2 aromatic carbocycles. The van der Waals surface area contributed by atoms with Gasteiger partial charge in [-0.25, -0.2) is 9.59 Å². The maximum atomic E-state index is 12.6. The molecule has 0 unspecified atom stereocenters. The summed E-state index contributed by atoms with van der Waals surface area (Å²) in [7, 11) is 5.34. The fraction of sp³-hybridized carbons (Fsp3) is 0.238. The van der Waals surface area contributed by atoms with E-state index in [0.717, 1.165) is 29.4 Å². The Morgan fingerprint density at radius 3 is 2.44 bits per heavy atom. The summed E-state index contributed by atoms with van der Waals surface area (Å²) in [6.07, 6.45) is 2.78. The number of carbonyl (C=O) groups excluding carboxylic acids is 2. The summed E-state index contributed by atoms with van der Waals surface area (Å²) in [6, 6.07) is 11.9. The van der Waals surface area contributed by atoms with Crippen LogP contribution >= 0.6 is 0 Å². The predicted octanol–water partition coefficient (Wildman–Crippen LogP) is 3.28. The summed E-state index contributed by atoms with van der Waals surface area (Å²) in [5.74, 6) is -0.521. The highest BCUT2D eigenvalue weighted by molar-refractivity contribution is 5.98. The first kappa shape index (κ1) is 18.7. The van der Waals surface area contributed by atoms with Crippen molar-refractivity contribution in [3.05, 3.63) is 65.4 Å². The smallest absolute Gasteiger partial charge is 0.343 e. The van der Waals surface area contributed by atoms with Gasteiger partial charge in [0.15, 0.2) is 0 Å². The number of hydrogen-bond donors (Lipinski definition) is 1. The van der Waals surface area contributed by atoms with Gasteiger partial charge in [-0.15, -0.1) is 0 Å². The minimum Gasteiger partial charge on any atom is -0.465 e. The third-order valence-electron chi connectivity index (χ3n) is 4.30. The second kappa shape index (κ2) is 8.05. The molecule has 1 N–H and O–H groups in total. The van der Waals surface area contributed by atoms with Gasteiger partial charge in [-0.3, -0.25) is 0 Å². The van der Waals surface area contributed by atoms with Crippen molar-refractivity contribution in [2.45, 2.75) is 6.42 Å². The molecule has 0 atom stereocenters. The number of likely N-dealkylation sites (N-methyl/N-ethyl adjacent to an activating group) is 1. The normalized spacial score (nSPS) is 11.0. The summed E-state index contributed by atoms with van der Waals surface area (Å²) in [5, 5.41) is 0.900. The van der Waals surface area contributed by atoms with E-state index in [4.69, 9.17) is 9.47 Å². The molecule has 6 heteroatoms. The summed E-state index contributed by atoms with van der Waals surface area (Å²) in [6.45, 7) is 0.885. The Hall–Kier alpha value is -3.12. The maximum absolute atomic E-state index is 12.6. The standard InChI is InChI=1S/C21H22N2O4/c1-23(2)11-10-16-13-22-17-8-5-9-18(19(16)17)27-21(25)15-7-4-6-14(12-15)20(24)26-3/h4-9,12-13,22H,10-11H2,1-3H3. The van der Waals surface area contributed by atoms with Crippen molar-refractivity contribution in [2.75, 3.05) is 27.7 Å². The second-order valence-corrected chi connectivity index (χ2v) is 6.51. The van der Waals surface area contributed by atoms with Crippen molar-refractivity contribution < 1.29 is 19.1 Å². The largest absolute Gasteiger partial charge is 0.465 e. The lowest BCUT2D eigenvalue weighted by Crippen LogP contribution is -2.15. The summed E-state index contributed by atoms with van der Waals surface area (Å²) < 4.78 is 10.4. The van der Waals surface area contributed by atoms with Crippen LogP contribution in [0.2, 0.25) is 0 Å². The fourth-order valence-corrected chi connectivity index (χ4v) is 2.90. The molecule has 0 amide bonds. The van der Waals surface area contributed by atoms with Gasteiger partial charge in [0.25, 0.3) is 0 Å². The fourth-order valence-electron chi connectivity index (χ4n) is 2.90. The van der Waals surface area contributed by atoms with Gasteiger partial charge in [0.05, 0.1) is 18.2 Å². The molecule has 0 aliphatic heterocycles. The third kappa shape index (κ3) is 4.17. The van der Waals surface area contributed by atoms with Crippen molar-refractivity contribution in [3.63, 3.8) is 0 Å². The number of methoxy groups -OCH3 is 1. The van der Waals surface area contributed by atoms with Crippen LogP contribution in [0.15, 0.2) is 48.7 Å². The Morgan fingerprint density at radius 1 is 1.04 bits per heavy atom. The highest BCUT2D eigenvalue weighted by atomic mass is 16.5. The Bertz CT molecular complexity index is 975. The van der Waals surface area contributed by atoms with Gasteiger partial charge in [0, 0.05) is 23.6 Å². The number of aromatic nitrogens is 1. The molecule has 1 aromatic heterocycles. The van der Waals surface area contributed by atoms with Gasteiger partial charge in [-0.2, -0.15) is 0 Å². The zero-order valence-electron chi connectivity index (χ0n) is 15.6. The number of H-pyrrole nitrogens is 1. The van der Waals surface area contributed by atoms with Crippen LogP contribution in [-0.2, 0) is 11.2 Å². The molecule has 0 saturated heterocycles. The molecule has 6 nitrogen and oxygen atoms in total. The number of hydrogen-bond acceptors (Lipinski definition) is 5. The number of benzene rings is 2. The number of rotatable bonds is 6. The number of carbonyl (C=O) groups is 2. The molecule has 1 heterocycles. The van der Waals surface area contributed by atoms with Crippen LogP contribution in [0.4, 0.5) is 0 Å². The van der Waals surface area contributed by atoms with Crippen LogP contribution in [-0.4, -0.2) is 49.6 Å². The van der Waals surface area contributed by atoms with E-state index in [-0.39, 0.29) is 0 Å². The topological polar surface area (TPSA) is 71.6 Å². The molecular formula is C21H22N2O4. The van der Waals surface area contributed by atoms with Gasteiger partial charge in [-0.1, -0.05) is 12.1 Å². The van der Waals surface area contributed by atoms with E-state index in [2.05, 4.69) is 9.88 Å². The molecule has 0 saturated carbocycles. The maximum Gasteiger partial charge on any atom is 0.343 e. The molecule has 27 heavy (non-hydrogen) atoms. The Balaban J connectivity index is 1.89. The zero-order valence-corrected chi connectivity index (χ0v) is 15.6. The highest BCUT2D eigenvalue weighted by Gasteiger charge is 2.16. The van der Waals surface area contributed by atoms with Gasteiger partial charge in [-0.05, 0) is 56.4 Å². The van der Waals surface area contributed by atoms with E-state index in [9.17, 15) is 9.59 Å². The van der Waals surface area contributed by atoms with E-state index in [1.165, 1.54) is 13.2 Å². The van der Waals surface area contributed by atoms with Crippen LogP contribution in [0.25, 0.3) is 10.9 Å². The SMILES string of the molecule is COC(=O)c1cccc(C(=O)Oc2cccc3[nH]cc(CCN(C)C)c23)c1. The molecule has 0 aliphatic rings. The number of aromatic amines is 1. The lowest BCUT2D eigenvalue weighted by Gasteiger charge is -2.10. The van der Waals surface area contributed by atoms with Gasteiger partial charge in [0.2, 0.25) is 0 Å². The first-order chi connectivity index (χ1) is 13.0. The third-order valence-corrected chi connectivity index (χ3v) is 4.30. The minimum atomic E-state index is -0.520. The van der Waals surface area contributed by atoms with E-state index in [1.54, 1.807) is 24.3 Å². The van der Waals surface area contributed by atoms with Crippen LogP contribution in [0.5, 0.6) is 5.75 Å². The Morgan fingerprint density at radius 2 is 1.74 bits per heavy atom. The van der Waals surface area contributed by atoms with Crippen molar-refractivity contribution in [1.29, 1.82) is 0 Å². The molecule has 0 bridgehead atoms. The first-order valence-corrected chi connectivity index (χ1v) is 8.64. The molecule has 0 spiro atoms. The van der Waals surface area contributed by atoms with Crippen molar-refractivity contribution in [3.8, 4) is 5.75 Å². The molecule has 0 fully saturated rings. The monoisotopic (exact) mass is 366 g/mol. The molecule has 0 radical (unpaired) electrons. The molecule has 140 valence electrons. The summed E-state index contributed by atoms with van der Waals surface area (Å²) in [4.78, 5) is 29.6. The second-order valence-electron chi connectivity index (χ2n) is 6.51. The quantitative estimate of drug-likeness (QED) is 0.535. The Kier molecular flexibility index (Phi) is 5.57. The Labute approximate surface area is 157 Å². The highest BCUT2D eigenvalue weighted by Crippen LogP contribution is 2.30. The molecule has 0 aliphatic carbocycles. The zero-order chi connectivity index (χ0) is 19.4. The molecular weight excluding hydrogens is 344 g/mol. The number of nitrogens with one attached hydrogen (secondary N) is 1. The number of esters is 2. The summed E-state index contributed by atoms with van der Waals surface area (Å²) in [5.41, 5.74) is 2.60. The van der Waals surface area contributed by atoms with E-state index in [1.807, 2.05) is 32.4 Å². The predicted molar refractivity (Wildman–Crippen MR) is 103 cm³/mol. The van der Waals surface area contributed by atoms with Gasteiger partial charge >= 0.3 is 11.9 Å². The number of nitrogens with zero attached hydrogens (tertiary/aromatic N) is 1. The number of ether oxygens (including phenoxy) is 2. The lowest BCUT2D eigenvalue weighted by molar-refractivity contribution is 0.0600. The number of fused-ring (bicyclic) bond motifs is 1. The van der Waals surface area contributed by atoms with Crippen molar-refractivity contribution >= 4 is 22.8 Å². The molecule has 3 aromatic rings.